The fourth-order valence-electron chi connectivity index (χ4n) is 1.66. The van der Waals surface area contributed by atoms with Gasteiger partial charge < -0.3 is 5.32 Å². The fraction of sp³-hybridized carbons (Fsp3) is 0.909. The lowest BCUT2D eigenvalue weighted by atomic mass is 10.2. The standard InChI is InChI=1S/C11H20ClNOS/c12-7-3-1-6-11(14)13-9-10-5-2-4-8-15-10/h10H,1-9H2,(H,13,14). The second kappa shape index (κ2) is 8.28. The van der Waals surface area contributed by atoms with E-state index < -0.39 is 0 Å². The van der Waals surface area contributed by atoms with Gasteiger partial charge >= 0.3 is 0 Å². The van der Waals surface area contributed by atoms with E-state index in [4.69, 9.17) is 11.6 Å². The van der Waals surface area contributed by atoms with Crippen LogP contribution in [0.5, 0.6) is 0 Å². The van der Waals surface area contributed by atoms with Gasteiger partial charge in [-0.3, -0.25) is 4.79 Å². The molecule has 1 amide bonds. The van der Waals surface area contributed by atoms with Gasteiger partial charge in [0.2, 0.25) is 5.91 Å². The molecular formula is C11H20ClNOS. The van der Waals surface area contributed by atoms with E-state index in [1.54, 1.807) is 0 Å². The Morgan fingerprint density at radius 1 is 1.40 bits per heavy atom. The van der Waals surface area contributed by atoms with Crippen LogP contribution in [0.25, 0.3) is 0 Å². The number of unbranched alkanes of at least 4 members (excludes halogenated alkanes) is 1. The Balaban J connectivity index is 2.00. The minimum absolute atomic E-state index is 0.186. The van der Waals surface area contributed by atoms with E-state index in [-0.39, 0.29) is 5.91 Å². The molecule has 4 heteroatoms. The summed E-state index contributed by atoms with van der Waals surface area (Å²) in [5.74, 6) is 2.10. The highest BCUT2D eigenvalue weighted by Gasteiger charge is 2.14. The van der Waals surface area contributed by atoms with Crippen molar-refractivity contribution in [2.24, 2.45) is 0 Å². The van der Waals surface area contributed by atoms with Crippen molar-refractivity contribution in [3.63, 3.8) is 0 Å². The third kappa shape index (κ3) is 6.31. The van der Waals surface area contributed by atoms with Crippen molar-refractivity contribution in [3.8, 4) is 0 Å². The summed E-state index contributed by atoms with van der Waals surface area (Å²) in [7, 11) is 0. The molecule has 0 radical (unpaired) electrons. The van der Waals surface area contributed by atoms with E-state index in [0.29, 0.717) is 17.6 Å². The number of carbonyl (C=O) groups excluding carboxylic acids is 1. The maximum absolute atomic E-state index is 11.4. The van der Waals surface area contributed by atoms with Gasteiger partial charge in [0, 0.05) is 24.1 Å². The highest BCUT2D eigenvalue weighted by Crippen LogP contribution is 2.24. The number of alkyl halides is 1. The molecule has 0 aromatic heterocycles. The summed E-state index contributed by atoms with van der Waals surface area (Å²) >= 11 is 7.55. The zero-order valence-electron chi connectivity index (χ0n) is 9.14. The van der Waals surface area contributed by atoms with Crippen LogP contribution in [0.4, 0.5) is 0 Å². The highest BCUT2D eigenvalue weighted by atomic mass is 35.5. The Labute approximate surface area is 102 Å². The predicted octanol–water partition coefficient (Wildman–Crippen LogP) is 2.80. The Hall–Kier alpha value is 0.110. The van der Waals surface area contributed by atoms with Crippen molar-refractivity contribution < 1.29 is 4.79 Å². The van der Waals surface area contributed by atoms with E-state index >= 15 is 0 Å². The number of nitrogens with one attached hydrogen (secondary N) is 1. The second-order valence-corrected chi connectivity index (χ2v) is 5.72. The van der Waals surface area contributed by atoms with Crippen LogP contribution in [0, 0.1) is 0 Å². The number of hydrogen-bond donors (Lipinski definition) is 1. The van der Waals surface area contributed by atoms with Gasteiger partial charge in [0.05, 0.1) is 0 Å². The molecule has 1 heterocycles. The fourth-order valence-corrected chi connectivity index (χ4v) is 3.09. The summed E-state index contributed by atoms with van der Waals surface area (Å²) in [5.41, 5.74) is 0. The monoisotopic (exact) mass is 249 g/mol. The highest BCUT2D eigenvalue weighted by molar-refractivity contribution is 7.99. The molecule has 0 bridgehead atoms. The van der Waals surface area contributed by atoms with Crippen molar-refractivity contribution in [1.82, 2.24) is 5.32 Å². The number of amides is 1. The molecule has 1 N–H and O–H groups in total. The molecule has 0 aromatic carbocycles. The van der Waals surface area contributed by atoms with Gasteiger partial charge in [-0.25, -0.2) is 0 Å². The molecule has 0 spiro atoms. The average molecular weight is 250 g/mol. The largest absolute Gasteiger partial charge is 0.355 e. The van der Waals surface area contributed by atoms with Gasteiger partial charge in [0.25, 0.3) is 0 Å². The molecular weight excluding hydrogens is 230 g/mol. The molecule has 0 aliphatic carbocycles. The topological polar surface area (TPSA) is 29.1 Å². The summed E-state index contributed by atoms with van der Waals surface area (Å²) in [4.78, 5) is 11.4. The van der Waals surface area contributed by atoms with Crippen LogP contribution < -0.4 is 5.32 Å². The number of hydrogen-bond acceptors (Lipinski definition) is 2. The van der Waals surface area contributed by atoms with Crippen LogP contribution in [0.2, 0.25) is 0 Å². The van der Waals surface area contributed by atoms with Crippen LogP contribution >= 0.6 is 23.4 Å². The Morgan fingerprint density at radius 2 is 2.27 bits per heavy atom. The van der Waals surface area contributed by atoms with Gasteiger partial charge in [0.15, 0.2) is 0 Å². The van der Waals surface area contributed by atoms with Crippen molar-refractivity contribution in [2.45, 2.75) is 43.8 Å². The lowest BCUT2D eigenvalue weighted by Crippen LogP contribution is -2.31. The molecule has 1 atom stereocenters. The number of carbonyl (C=O) groups is 1. The molecule has 0 aromatic rings. The van der Waals surface area contributed by atoms with Crippen molar-refractivity contribution in [1.29, 1.82) is 0 Å². The molecule has 2 nitrogen and oxygen atoms in total. The minimum atomic E-state index is 0.186. The molecule has 15 heavy (non-hydrogen) atoms. The maximum Gasteiger partial charge on any atom is 0.220 e. The van der Waals surface area contributed by atoms with E-state index in [1.807, 2.05) is 11.8 Å². The van der Waals surface area contributed by atoms with E-state index in [1.165, 1.54) is 25.0 Å². The first-order valence-electron chi connectivity index (χ1n) is 5.77. The van der Waals surface area contributed by atoms with Crippen LogP contribution in [0.1, 0.15) is 38.5 Å². The summed E-state index contributed by atoms with van der Waals surface area (Å²) in [6, 6.07) is 0. The van der Waals surface area contributed by atoms with Gasteiger partial charge in [-0.15, -0.1) is 11.6 Å². The minimum Gasteiger partial charge on any atom is -0.355 e. The smallest absolute Gasteiger partial charge is 0.220 e. The lowest BCUT2D eigenvalue weighted by molar-refractivity contribution is -0.121. The molecule has 1 saturated heterocycles. The van der Waals surface area contributed by atoms with Gasteiger partial charge in [0.1, 0.15) is 0 Å². The quantitative estimate of drug-likeness (QED) is 0.579. The zero-order valence-corrected chi connectivity index (χ0v) is 10.7. The van der Waals surface area contributed by atoms with Gasteiger partial charge in [-0.2, -0.15) is 11.8 Å². The SMILES string of the molecule is O=C(CCCCCl)NCC1CCCCS1. The van der Waals surface area contributed by atoms with Crippen LogP contribution in [-0.4, -0.2) is 29.3 Å². The number of halogens is 1. The molecule has 88 valence electrons. The first-order chi connectivity index (χ1) is 7.33. The zero-order chi connectivity index (χ0) is 10.9. The third-order valence-corrected chi connectivity index (χ3v) is 4.25. The Bertz CT molecular complexity index is 183. The molecule has 1 unspecified atom stereocenters. The van der Waals surface area contributed by atoms with E-state index in [0.717, 1.165) is 19.4 Å². The molecule has 1 aliphatic heterocycles. The van der Waals surface area contributed by atoms with Crippen LogP contribution in [0.3, 0.4) is 0 Å². The van der Waals surface area contributed by atoms with E-state index in [2.05, 4.69) is 5.32 Å². The Kier molecular flexibility index (Phi) is 7.28. The molecule has 0 saturated carbocycles. The van der Waals surface area contributed by atoms with Crippen molar-refractivity contribution in [3.05, 3.63) is 0 Å². The van der Waals surface area contributed by atoms with Crippen LogP contribution in [-0.2, 0) is 4.79 Å². The summed E-state index contributed by atoms with van der Waals surface area (Å²) in [6.45, 7) is 0.852. The molecule has 1 rings (SSSR count). The third-order valence-electron chi connectivity index (χ3n) is 2.59. The lowest BCUT2D eigenvalue weighted by Gasteiger charge is -2.21. The van der Waals surface area contributed by atoms with Crippen molar-refractivity contribution in [2.75, 3.05) is 18.2 Å². The van der Waals surface area contributed by atoms with Gasteiger partial charge in [-0.05, 0) is 31.4 Å². The van der Waals surface area contributed by atoms with Gasteiger partial charge in [-0.1, -0.05) is 6.42 Å². The normalized spacial score (nSPS) is 21.3. The van der Waals surface area contributed by atoms with Crippen LogP contribution in [0.15, 0.2) is 0 Å². The predicted molar refractivity (Wildman–Crippen MR) is 67.7 cm³/mol. The number of rotatable bonds is 6. The summed E-state index contributed by atoms with van der Waals surface area (Å²) < 4.78 is 0. The maximum atomic E-state index is 11.4. The number of thioether (sulfide) groups is 1. The summed E-state index contributed by atoms with van der Waals surface area (Å²) in [6.07, 6.45) is 6.39. The first kappa shape index (κ1) is 13.2. The Morgan fingerprint density at radius 3 is 2.93 bits per heavy atom. The van der Waals surface area contributed by atoms with E-state index in [9.17, 15) is 4.79 Å². The average Bonchev–Trinajstić information content (AvgIpc) is 2.28. The second-order valence-electron chi connectivity index (χ2n) is 3.94. The molecule has 1 fully saturated rings. The van der Waals surface area contributed by atoms with Crippen molar-refractivity contribution >= 4 is 29.3 Å². The molecule has 1 aliphatic rings. The first-order valence-corrected chi connectivity index (χ1v) is 7.35. The summed E-state index contributed by atoms with van der Waals surface area (Å²) in [5, 5.41) is 3.66.